The molecule has 2 heterocycles. The van der Waals surface area contributed by atoms with Crippen LogP contribution in [0.1, 0.15) is 67.3 Å². The largest absolute Gasteiger partial charge is 0.416 e. The van der Waals surface area contributed by atoms with Crippen LogP contribution in [0.4, 0.5) is 26.3 Å². The Morgan fingerprint density at radius 3 is 1.88 bits per heavy atom. The topological polar surface area (TPSA) is 60.9 Å². The van der Waals surface area contributed by atoms with Crippen molar-refractivity contribution in [2.24, 2.45) is 11.8 Å². The van der Waals surface area contributed by atoms with Crippen LogP contribution in [-0.2, 0) is 26.7 Å². The molecule has 0 aliphatic carbocycles. The van der Waals surface area contributed by atoms with Crippen LogP contribution in [-0.4, -0.2) is 65.6 Å². The van der Waals surface area contributed by atoms with Gasteiger partial charge in [0, 0.05) is 57.9 Å². The van der Waals surface area contributed by atoms with Gasteiger partial charge >= 0.3 is 12.4 Å². The summed E-state index contributed by atoms with van der Waals surface area (Å²) in [6.07, 6.45) is -8.63. The van der Waals surface area contributed by atoms with Crippen LogP contribution in [0.15, 0.2) is 48.5 Å². The molecule has 2 aromatic rings. The van der Waals surface area contributed by atoms with E-state index < -0.39 is 47.3 Å². The number of benzene rings is 2. The van der Waals surface area contributed by atoms with Gasteiger partial charge in [0.05, 0.1) is 17.2 Å². The Balaban J connectivity index is 1.56. The molecule has 2 aliphatic rings. The van der Waals surface area contributed by atoms with Crippen molar-refractivity contribution in [2.75, 3.05) is 33.2 Å². The number of carbonyl (C=O) groups excluding carboxylic acids is 3. The van der Waals surface area contributed by atoms with E-state index in [4.69, 9.17) is 0 Å². The van der Waals surface area contributed by atoms with E-state index in [1.807, 2.05) is 30.3 Å². The normalized spacial score (nSPS) is 21.0. The first-order valence-corrected chi connectivity index (χ1v) is 14.2. The van der Waals surface area contributed by atoms with Gasteiger partial charge in [-0.15, -0.1) is 0 Å². The third kappa shape index (κ3) is 7.33. The number of hydrogen-bond donors (Lipinski definition) is 0. The van der Waals surface area contributed by atoms with Crippen molar-refractivity contribution < 1.29 is 40.7 Å². The number of carbonyl (C=O) groups is 3. The van der Waals surface area contributed by atoms with Gasteiger partial charge in [-0.2, -0.15) is 26.3 Å². The van der Waals surface area contributed by atoms with Crippen molar-refractivity contribution in [1.82, 2.24) is 14.7 Å². The standard InChI is InChI=1S/C31H35F6N3O3/c1-19(23-15-24(30(32,33)34)17-25(16-23)31(35,36)37)38(3)29(43)26-11-14-40(18-27(26)21-7-5-4-6-8-21)28(42)22-9-12-39(13-10-22)20(2)41/h4-8,15-17,19,22,26-27H,9-14,18H2,1-3H3/t19-,26?,27?/m1/s1. The fraction of sp³-hybridized carbons (Fsp3) is 0.516. The van der Waals surface area contributed by atoms with Crippen LogP contribution in [0.25, 0.3) is 0 Å². The summed E-state index contributed by atoms with van der Waals surface area (Å²) in [5.74, 6) is -1.82. The summed E-state index contributed by atoms with van der Waals surface area (Å²) in [7, 11) is 1.38. The summed E-state index contributed by atoms with van der Waals surface area (Å²) >= 11 is 0. The predicted octanol–water partition coefficient (Wildman–Crippen LogP) is 6.13. The van der Waals surface area contributed by atoms with Crippen LogP contribution in [0.2, 0.25) is 0 Å². The first-order chi connectivity index (χ1) is 20.1. The smallest absolute Gasteiger partial charge is 0.343 e. The molecule has 2 aromatic carbocycles. The quantitative estimate of drug-likeness (QED) is 0.382. The summed E-state index contributed by atoms with van der Waals surface area (Å²) < 4.78 is 80.9. The van der Waals surface area contributed by atoms with Crippen LogP contribution >= 0.6 is 0 Å². The maximum absolute atomic E-state index is 13.9. The average molecular weight is 612 g/mol. The van der Waals surface area contributed by atoms with E-state index in [9.17, 15) is 40.7 Å². The van der Waals surface area contributed by atoms with E-state index in [1.54, 1.807) is 9.80 Å². The van der Waals surface area contributed by atoms with Crippen molar-refractivity contribution in [3.05, 3.63) is 70.8 Å². The van der Waals surface area contributed by atoms with Crippen molar-refractivity contribution in [3.63, 3.8) is 0 Å². The van der Waals surface area contributed by atoms with Gasteiger partial charge in [-0.25, -0.2) is 0 Å². The average Bonchev–Trinajstić information content (AvgIpc) is 2.98. The minimum atomic E-state index is -5.00. The van der Waals surface area contributed by atoms with Crippen molar-refractivity contribution in [1.29, 1.82) is 0 Å². The van der Waals surface area contributed by atoms with E-state index >= 15 is 0 Å². The number of hydrogen-bond acceptors (Lipinski definition) is 3. The molecule has 4 rings (SSSR count). The summed E-state index contributed by atoms with van der Waals surface area (Å²) in [6, 6.07) is 9.40. The molecule has 0 spiro atoms. The molecular weight excluding hydrogens is 576 g/mol. The summed E-state index contributed by atoms with van der Waals surface area (Å²) in [4.78, 5) is 43.7. The zero-order valence-corrected chi connectivity index (χ0v) is 24.2. The molecule has 2 saturated heterocycles. The fourth-order valence-electron chi connectivity index (χ4n) is 6.08. The molecule has 234 valence electrons. The van der Waals surface area contributed by atoms with Gasteiger partial charge in [-0.05, 0) is 55.5 Å². The molecule has 2 aliphatic heterocycles. The molecule has 3 amide bonds. The Morgan fingerprint density at radius 2 is 1.37 bits per heavy atom. The molecular formula is C31H35F6N3O3. The van der Waals surface area contributed by atoms with E-state index in [0.717, 1.165) is 5.56 Å². The minimum absolute atomic E-state index is 0.0347. The van der Waals surface area contributed by atoms with Crippen molar-refractivity contribution >= 4 is 17.7 Å². The Hall–Kier alpha value is -3.57. The molecule has 12 heteroatoms. The van der Waals surface area contributed by atoms with Gasteiger partial charge in [0.1, 0.15) is 0 Å². The highest BCUT2D eigenvalue weighted by atomic mass is 19.4. The first kappa shape index (κ1) is 32.3. The Morgan fingerprint density at radius 1 is 0.837 bits per heavy atom. The molecule has 2 unspecified atom stereocenters. The van der Waals surface area contributed by atoms with Gasteiger partial charge in [-0.1, -0.05) is 30.3 Å². The summed E-state index contributed by atoms with van der Waals surface area (Å²) in [6.45, 7) is 4.42. The molecule has 0 radical (unpaired) electrons. The zero-order valence-electron chi connectivity index (χ0n) is 24.2. The Kier molecular flexibility index (Phi) is 9.46. The molecule has 0 aromatic heterocycles. The molecule has 0 saturated carbocycles. The predicted molar refractivity (Wildman–Crippen MR) is 146 cm³/mol. The summed E-state index contributed by atoms with van der Waals surface area (Å²) in [5, 5.41) is 0. The molecule has 0 bridgehead atoms. The second-order valence-electron chi connectivity index (χ2n) is 11.4. The molecule has 6 nitrogen and oxygen atoms in total. The fourth-order valence-corrected chi connectivity index (χ4v) is 6.08. The van der Waals surface area contributed by atoms with Gasteiger partial charge < -0.3 is 14.7 Å². The molecule has 43 heavy (non-hydrogen) atoms. The number of nitrogens with zero attached hydrogens (tertiary/aromatic N) is 3. The maximum Gasteiger partial charge on any atom is 0.416 e. The highest BCUT2D eigenvalue weighted by molar-refractivity contribution is 5.83. The van der Waals surface area contributed by atoms with Crippen LogP contribution < -0.4 is 0 Å². The lowest BCUT2D eigenvalue weighted by molar-refractivity contribution is -0.145. The molecule has 3 atom stereocenters. The molecule has 2 fully saturated rings. The van der Waals surface area contributed by atoms with Gasteiger partial charge in [-0.3, -0.25) is 14.4 Å². The monoisotopic (exact) mass is 611 g/mol. The highest BCUT2D eigenvalue weighted by Crippen LogP contribution is 2.40. The number of halogens is 6. The maximum atomic E-state index is 13.9. The van der Waals surface area contributed by atoms with Crippen molar-refractivity contribution in [3.8, 4) is 0 Å². The third-order valence-corrected chi connectivity index (χ3v) is 8.78. The second kappa shape index (κ2) is 12.6. The van der Waals surface area contributed by atoms with Gasteiger partial charge in [0.2, 0.25) is 17.7 Å². The SMILES string of the molecule is CC(=O)N1CCC(C(=O)N2CCC(C(=O)N(C)[C@H](C)c3cc(C(F)(F)F)cc(C(F)(F)F)c3)C(c3ccccc3)C2)CC1. The minimum Gasteiger partial charge on any atom is -0.343 e. The van der Waals surface area contributed by atoms with Gasteiger partial charge in [0.15, 0.2) is 0 Å². The summed E-state index contributed by atoms with van der Waals surface area (Å²) in [5.41, 5.74) is -2.34. The first-order valence-electron chi connectivity index (χ1n) is 14.2. The zero-order chi connectivity index (χ0) is 31.7. The second-order valence-corrected chi connectivity index (χ2v) is 11.4. The van der Waals surface area contributed by atoms with E-state index in [1.165, 1.54) is 25.8 Å². The van der Waals surface area contributed by atoms with E-state index in [-0.39, 0.29) is 48.9 Å². The van der Waals surface area contributed by atoms with Crippen LogP contribution in [0.3, 0.4) is 0 Å². The number of piperidine rings is 2. The lowest BCUT2D eigenvalue weighted by atomic mass is 9.79. The lowest BCUT2D eigenvalue weighted by Crippen LogP contribution is -2.50. The Labute approximate surface area is 246 Å². The lowest BCUT2D eigenvalue weighted by Gasteiger charge is -2.42. The highest BCUT2D eigenvalue weighted by Gasteiger charge is 2.42. The molecule has 0 N–H and O–H groups in total. The van der Waals surface area contributed by atoms with E-state index in [0.29, 0.717) is 38.1 Å². The Bertz CT molecular complexity index is 1290. The van der Waals surface area contributed by atoms with Crippen molar-refractivity contribution in [2.45, 2.75) is 57.4 Å². The van der Waals surface area contributed by atoms with Crippen LogP contribution in [0, 0.1) is 11.8 Å². The number of likely N-dealkylation sites (tertiary alicyclic amines) is 2. The van der Waals surface area contributed by atoms with Crippen LogP contribution in [0.5, 0.6) is 0 Å². The number of amides is 3. The van der Waals surface area contributed by atoms with E-state index in [2.05, 4.69) is 0 Å². The number of rotatable bonds is 5. The van der Waals surface area contributed by atoms with Gasteiger partial charge in [0.25, 0.3) is 0 Å². The number of alkyl halides is 6. The third-order valence-electron chi connectivity index (χ3n) is 8.78.